The summed E-state index contributed by atoms with van der Waals surface area (Å²) < 4.78 is 19.7. The third-order valence-corrected chi connectivity index (χ3v) is 3.32. The first-order valence-corrected chi connectivity index (χ1v) is 5.39. The fourth-order valence-electron chi connectivity index (χ4n) is 0.240. The molecule has 0 saturated carbocycles. The average molecular weight is 194 g/mol. The second-order valence-corrected chi connectivity index (χ2v) is 5.26. The Morgan fingerprint density at radius 3 is 1.10 bits per heavy atom. The van der Waals surface area contributed by atoms with Crippen molar-refractivity contribution in [2.45, 2.75) is 0 Å². The molecule has 0 aliphatic carbocycles. The second-order valence-electron chi connectivity index (χ2n) is 1.47. The van der Waals surface area contributed by atoms with E-state index in [1.54, 1.807) is 0 Å². The fraction of sp³-hybridized carbons (Fsp3) is 1.00. The van der Waals surface area contributed by atoms with E-state index in [0.29, 0.717) is 0 Å². The van der Waals surface area contributed by atoms with Gasteiger partial charge in [-0.3, -0.25) is 9.13 Å². The Bertz CT molecular complexity index is 152. The van der Waals surface area contributed by atoms with Crippen LogP contribution in [0.5, 0.6) is 0 Å². The molecule has 0 aliphatic rings. The Hall–Kier alpha value is 0.260. The summed E-state index contributed by atoms with van der Waals surface area (Å²) in [5, 5.41) is 0. The standard InChI is InChI=1S/CH6O6P2.H2O/c2-8(3,4)1-9(5,6)7;/h1H2,(H2,2,3,4)(H2,5,6,7);1H2. The predicted octanol–water partition coefficient (Wildman–Crippen LogP) is -1.53. The van der Waals surface area contributed by atoms with Gasteiger partial charge in [0.15, 0.2) is 5.90 Å². The zero-order valence-corrected chi connectivity index (χ0v) is 6.50. The van der Waals surface area contributed by atoms with E-state index in [9.17, 15) is 9.13 Å². The first kappa shape index (κ1) is 12.9. The first-order chi connectivity index (χ1) is 3.71. The Kier molecular flexibility index (Phi) is 4.63. The minimum Gasteiger partial charge on any atom is -0.412 e. The molecular weight excluding hydrogens is 186 g/mol. The predicted molar refractivity (Wildman–Crippen MR) is 32.6 cm³/mol. The molecule has 7 nitrogen and oxygen atoms in total. The molecule has 0 unspecified atom stereocenters. The molecule has 0 amide bonds. The van der Waals surface area contributed by atoms with Crippen LogP contribution < -0.4 is 0 Å². The summed E-state index contributed by atoms with van der Waals surface area (Å²) in [6.45, 7) is 0. The fourth-order valence-corrected chi connectivity index (χ4v) is 2.16. The lowest BCUT2D eigenvalue weighted by Gasteiger charge is -2.03. The molecule has 6 N–H and O–H groups in total. The third-order valence-electron chi connectivity index (χ3n) is 0.368. The summed E-state index contributed by atoms with van der Waals surface area (Å²) in [6.07, 6.45) is 0. The summed E-state index contributed by atoms with van der Waals surface area (Å²) in [4.78, 5) is 31.9. The van der Waals surface area contributed by atoms with Crippen molar-refractivity contribution in [1.82, 2.24) is 0 Å². The summed E-state index contributed by atoms with van der Waals surface area (Å²) in [7, 11) is -9.10. The molecule has 64 valence electrons. The third kappa shape index (κ3) is 11.1. The number of hydrogen-bond acceptors (Lipinski definition) is 2. The SMILES string of the molecule is O.O=P(O)(O)CP(=O)(O)O. The first-order valence-electron chi connectivity index (χ1n) is 1.80. The van der Waals surface area contributed by atoms with Crippen LogP contribution >= 0.6 is 15.2 Å². The van der Waals surface area contributed by atoms with Gasteiger partial charge >= 0.3 is 15.2 Å². The van der Waals surface area contributed by atoms with E-state index in [1.807, 2.05) is 0 Å². The van der Waals surface area contributed by atoms with Gasteiger partial charge in [-0.2, -0.15) is 0 Å². The van der Waals surface area contributed by atoms with Crippen molar-refractivity contribution in [2.75, 3.05) is 5.90 Å². The van der Waals surface area contributed by atoms with Crippen LogP contribution in [0.15, 0.2) is 0 Å². The Labute approximate surface area is 56.3 Å². The molecule has 9 heteroatoms. The molecule has 0 spiro atoms. The van der Waals surface area contributed by atoms with Gasteiger partial charge in [-0.25, -0.2) is 0 Å². The van der Waals surface area contributed by atoms with Crippen molar-refractivity contribution < 1.29 is 34.2 Å². The molecule has 0 aromatic heterocycles. The van der Waals surface area contributed by atoms with E-state index >= 15 is 0 Å². The summed E-state index contributed by atoms with van der Waals surface area (Å²) in [5.74, 6) is -1.38. The van der Waals surface area contributed by atoms with Gasteiger partial charge < -0.3 is 25.0 Å². The highest BCUT2D eigenvalue weighted by atomic mass is 31.2. The largest absolute Gasteiger partial charge is 0.412 e. The van der Waals surface area contributed by atoms with E-state index in [0.717, 1.165) is 0 Å². The Balaban J connectivity index is 0. The zero-order chi connectivity index (χ0) is 7.71. The summed E-state index contributed by atoms with van der Waals surface area (Å²) in [5.41, 5.74) is 0. The highest BCUT2D eigenvalue weighted by Gasteiger charge is 2.26. The van der Waals surface area contributed by atoms with Crippen molar-refractivity contribution >= 4 is 15.2 Å². The second kappa shape index (κ2) is 3.59. The van der Waals surface area contributed by atoms with Gasteiger partial charge in [-0.05, 0) is 0 Å². The lowest BCUT2D eigenvalue weighted by molar-refractivity contribution is 0.357. The highest BCUT2D eigenvalue weighted by molar-refractivity contribution is 7.69. The minimum absolute atomic E-state index is 0. The van der Waals surface area contributed by atoms with Crippen molar-refractivity contribution in [3.63, 3.8) is 0 Å². The molecule has 0 atom stereocenters. The van der Waals surface area contributed by atoms with Crippen molar-refractivity contribution in [2.24, 2.45) is 0 Å². The molecule has 0 aromatic rings. The van der Waals surface area contributed by atoms with Gasteiger partial charge in [-0.15, -0.1) is 0 Å². The quantitative estimate of drug-likeness (QED) is 0.392. The molecule has 0 fully saturated rings. The molecule has 0 radical (unpaired) electrons. The maximum Gasteiger partial charge on any atom is 0.337 e. The van der Waals surface area contributed by atoms with Gasteiger partial charge in [0.25, 0.3) is 0 Å². The lowest BCUT2D eigenvalue weighted by Crippen LogP contribution is -1.88. The van der Waals surface area contributed by atoms with Crippen LogP contribution in [0.4, 0.5) is 0 Å². The van der Waals surface area contributed by atoms with Crippen LogP contribution in [0.3, 0.4) is 0 Å². The van der Waals surface area contributed by atoms with Crippen molar-refractivity contribution in [3.8, 4) is 0 Å². The topological polar surface area (TPSA) is 147 Å². The summed E-state index contributed by atoms with van der Waals surface area (Å²) >= 11 is 0. The van der Waals surface area contributed by atoms with Gasteiger partial charge in [-0.1, -0.05) is 0 Å². The molecule has 0 bridgehead atoms. The highest BCUT2D eigenvalue weighted by Crippen LogP contribution is 2.51. The number of hydrogen-bond donors (Lipinski definition) is 4. The maximum atomic E-state index is 9.85. The van der Waals surface area contributed by atoms with Crippen molar-refractivity contribution in [3.05, 3.63) is 0 Å². The summed E-state index contributed by atoms with van der Waals surface area (Å²) in [6, 6.07) is 0. The van der Waals surface area contributed by atoms with Gasteiger partial charge in [0, 0.05) is 0 Å². The van der Waals surface area contributed by atoms with Crippen LogP contribution in [-0.2, 0) is 9.13 Å². The van der Waals surface area contributed by atoms with Gasteiger partial charge in [0.05, 0.1) is 0 Å². The maximum absolute atomic E-state index is 9.85. The monoisotopic (exact) mass is 194 g/mol. The van der Waals surface area contributed by atoms with E-state index in [-0.39, 0.29) is 5.48 Å². The van der Waals surface area contributed by atoms with E-state index in [1.165, 1.54) is 0 Å². The van der Waals surface area contributed by atoms with Gasteiger partial charge in [0.1, 0.15) is 0 Å². The van der Waals surface area contributed by atoms with E-state index < -0.39 is 21.1 Å². The smallest absolute Gasteiger partial charge is 0.337 e. The Morgan fingerprint density at radius 2 is 1.10 bits per heavy atom. The van der Waals surface area contributed by atoms with Crippen molar-refractivity contribution in [1.29, 1.82) is 0 Å². The van der Waals surface area contributed by atoms with Crippen LogP contribution in [0, 0.1) is 0 Å². The molecule has 10 heavy (non-hydrogen) atoms. The van der Waals surface area contributed by atoms with Crippen LogP contribution in [0.2, 0.25) is 0 Å². The van der Waals surface area contributed by atoms with Gasteiger partial charge in [0.2, 0.25) is 0 Å². The van der Waals surface area contributed by atoms with Crippen LogP contribution in [-0.4, -0.2) is 31.0 Å². The molecule has 0 heterocycles. The normalized spacial score (nSPS) is 12.4. The average Bonchev–Trinajstić information content (AvgIpc) is 1.14. The van der Waals surface area contributed by atoms with Crippen LogP contribution in [0.1, 0.15) is 0 Å². The molecular formula is CH8O7P2. The molecule has 0 aliphatic heterocycles. The lowest BCUT2D eigenvalue weighted by atomic mass is 11.9. The Morgan fingerprint density at radius 1 is 0.900 bits per heavy atom. The van der Waals surface area contributed by atoms with E-state index in [2.05, 4.69) is 0 Å². The molecule has 0 rings (SSSR count). The minimum atomic E-state index is -4.55. The molecule has 0 saturated heterocycles. The van der Waals surface area contributed by atoms with E-state index in [4.69, 9.17) is 19.6 Å². The number of rotatable bonds is 2. The zero-order valence-electron chi connectivity index (χ0n) is 4.71. The van der Waals surface area contributed by atoms with Crippen LogP contribution in [0.25, 0.3) is 0 Å². The molecule has 0 aromatic carbocycles.